The molecule has 0 aliphatic rings. The van der Waals surface area contributed by atoms with Crippen molar-refractivity contribution < 1.29 is 18.8 Å². The second-order valence-corrected chi connectivity index (χ2v) is 6.35. The Balaban J connectivity index is 1.44. The predicted molar refractivity (Wildman–Crippen MR) is 112 cm³/mol. The maximum atomic E-state index is 12.3. The molecule has 1 amide bonds. The first-order valence-electron chi connectivity index (χ1n) is 9.28. The maximum Gasteiger partial charge on any atom is 0.262 e. The van der Waals surface area contributed by atoms with E-state index in [0.29, 0.717) is 34.5 Å². The Kier molecular flexibility index (Phi) is 5.70. The molecule has 0 bridgehead atoms. The predicted octanol–water partition coefficient (Wildman–Crippen LogP) is 4.43. The van der Waals surface area contributed by atoms with E-state index in [9.17, 15) is 4.79 Å². The van der Waals surface area contributed by atoms with Gasteiger partial charge in [-0.3, -0.25) is 4.79 Å². The lowest BCUT2D eigenvalue weighted by molar-refractivity contribution is -0.118. The quantitative estimate of drug-likeness (QED) is 0.493. The fraction of sp³-hybridized carbons (Fsp3) is 0.0870. The van der Waals surface area contributed by atoms with E-state index in [-0.39, 0.29) is 12.5 Å². The van der Waals surface area contributed by atoms with E-state index in [0.717, 1.165) is 5.56 Å². The Morgan fingerprint density at radius 2 is 1.70 bits per heavy atom. The summed E-state index contributed by atoms with van der Waals surface area (Å²) in [6, 6.07) is 23.8. The molecule has 3 aromatic carbocycles. The van der Waals surface area contributed by atoms with Crippen molar-refractivity contribution in [2.75, 3.05) is 19.0 Å². The smallest absolute Gasteiger partial charge is 0.262 e. The first kappa shape index (κ1) is 19.2. The molecule has 0 saturated heterocycles. The molecule has 1 N–H and O–H groups in total. The van der Waals surface area contributed by atoms with Crippen LogP contribution in [0.1, 0.15) is 0 Å². The number of rotatable bonds is 7. The number of ether oxygens (including phenoxy) is 2. The number of aromatic nitrogens is 2. The highest BCUT2D eigenvalue weighted by Gasteiger charge is 2.15. The molecule has 0 unspecified atom stereocenters. The van der Waals surface area contributed by atoms with Crippen molar-refractivity contribution in [3.05, 3.63) is 78.9 Å². The Labute approximate surface area is 173 Å². The number of para-hydroxylation sites is 1. The van der Waals surface area contributed by atoms with Gasteiger partial charge in [0.25, 0.3) is 11.8 Å². The third-order valence-electron chi connectivity index (χ3n) is 4.31. The van der Waals surface area contributed by atoms with E-state index in [1.54, 1.807) is 37.4 Å². The monoisotopic (exact) mass is 401 g/mol. The number of amides is 1. The van der Waals surface area contributed by atoms with E-state index in [4.69, 9.17) is 14.0 Å². The lowest BCUT2D eigenvalue weighted by Gasteiger charge is -2.10. The SMILES string of the molecule is COc1ccc(NC(=O)COc2ccccc2-c2noc(-c3ccccc3)n2)cc1. The van der Waals surface area contributed by atoms with Crippen LogP contribution in [0, 0.1) is 0 Å². The minimum Gasteiger partial charge on any atom is -0.497 e. The lowest BCUT2D eigenvalue weighted by Crippen LogP contribution is -2.20. The van der Waals surface area contributed by atoms with Gasteiger partial charge in [-0.2, -0.15) is 4.98 Å². The van der Waals surface area contributed by atoms with Crippen LogP contribution in [-0.2, 0) is 4.79 Å². The molecule has 0 fully saturated rings. The molecular formula is C23H19N3O4. The van der Waals surface area contributed by atoms with Crippen molar-refractivity contribution >= 4 is 11.6 Å². The normalized spacial score (nSPS) is 10.4. The van der Waals surface area contributed by atoms with Crippen molar-refractivity contribution in [3.63, 3.8) is 0 Å². The molecule has 1 aromatic heterocycles. The van der Waals surface area contributed by atoms with Gasteiger partial charge < -0.3 is 19.3 Å². The van der Waals surface area contributed by atoms with Gasteiger partial charge in [0.05, 0.1) is 12.7 Å². The average Bonchev–Trinajstić information content (AvgIpc) is 3.29. The zero-order chi connectivity index (χ0) is 20.8. The second kappa shape index (κ2) is 8.91. The summed E-state index contributed by atoms with van der Waals surface area (Å²) >= 11 is 0. The molecule has 30 heavy (non-hydrogen) atoms. The Morgan fingerprint density at radius 1 is 0.967 bits per heavy atom. The van der Waals surface area contributed by atoms with Gasteiger partial charge in [0, 0.05) is 11.3 Å². The molecule has 7 nitrogen and oxygen atoms in total. The van der Waals surface area contributed by atoms with Crippen LogP contribution in [0.4, 0.5) is 5.69 Å². The summed E-state index contributed by atoms with van der Waals surface area (Å²) in [7, 11) is 1.59. The van der Waals surface area contributed by atoms with Crippen LogP contribution in [0.3, 0.4) is 0 Å². The number of hydrogen-bond acceptors (Lipinski definition) is 6. The summed E-state index contributed by atoms with van der Waals surface area (Å²) in [6.07, 6.45) is 0. The zero-order valence-corrected chi connectivity index (χ0v) is 16.2. The first-order chi connectivity index (χ1) is 14.7. The molecule has 7 heteroatoms. The number of carbonyl (C=O) groups is 1. The topological polar surface area (TPSA) is 86.5 Å². The van der Waals surface area contributed by atoms with Gasteiger partial charge >= 0.3 is 0 Å². The molecule has 150 valence electrons. The molecule has 4 aromatic rings. The van der Waals surface area contributed by atoms with Crippen molar-refractivity contribution in [2.24, 2.45) is 0 Å². The van der Waals surface area contributed by atoms with Crippen LogP contribution >= 0.6 is 0 Å². The number of methoxy groups -OCH3 is 1. The molecule has 0 saturated carbocycles. The number of benzene rings is 3. The number of carbonyl (C=O) groups excluding carboxylic acids is 1. The maximum absolute atomic E-state index is 12.3. The summed E-state index contributed by atoms with van der Waals surface area (Å²) in [6.45, 7) is -0.160. The van der Waals surface area contributed by atoms with Crippen LogP contribution in [0.5, 0.6) is 11.5 Å². The standard InChI is InChI=1S/C23H19N3O4/c1-28-18-13-11-17(12-14-18)24-21(27)15-29-20-10-6-5-9-19(20)22-25-23(30-26-22)16-7-3-2-4-8-16/h2-14H,15H2,1H3,(H,24,27). The fourth-order valence-electron chi connectivity index (χ4n) is 2.82. The number of nitrogens with one attached hydrogen (secondary N) is 1. The van der Waals surface area contributed by atoms with E-state index >= 15 is 0 Å². The van der Waals surface area contributed by atoms with E-state index in [1.807, 2.05) is 48.5 Å². The van der Waals surface area contributed by atoms with Crippen molar-refractivity contribution in [1.82, 2.24) is 10.1 Å². The number of nitrogens with zero attached hydrogens (tertiary/aromatic N) is 2. The van der Waals surface area contributed by atoms with Gasteiger partial charge in [0.2, 0.25) is 5.82 Å². The van der Waals surface area contributed by atoms with E-state index < -0.39 is 0 Å². The summed E-state index contributed by atoms with van der Waals surface area (Å²) in [4.78, 5) is 16.7. The van der Waals surface area contributed by atoms with Crippen molar-refractivity contribution in [3.8, 4) is 34.3 Å². The van der Waals surface area contributed by atoms with E-state index in [2.05, 4.69) is 15.5 Å². The molecular weight excluding hydrogens is 382 g/mol. The molecule has 0 aliphatic carbocycles. The summed E-state index contributed by atoms with van der Waals surface area (Å²) in [5.41, 5.74) is 2.12. The van der Waals surface area contributed by atoms with Crippen LogP contribution in [0.25, 0.3) is 22.8 Å². The Bertz CT molecular complexity index is 1120. The fourth-order valence-corrected chi connectivity index (χ4v) is 2.82. The first-order valence-corrected chi connectivity index (χ1v) is 9.28. The zero-order valence-electron chi connectivity index (χ0n) is 16.2. The summed E-state index contributed by atoms with van der Waals surface area (Å²) < 4.78 is 16.2. The van der Waals surface area contributed by atoms with Gasteiger partial charge in [-0.1, -0.05) is 35.5 Å². The van der Waals surface area contributed by atoms with Crippen LogP contribution in [-0.4, -0.2) is 29.8 Å². The number of hydrogen-bond donors (Lipinski definition) is 1. The van der Waals surface area contributed by atoms with Crippen LogP contribution < -0.4 is 14.8 Å². The van der Waals surface area contributed by atoms with Crippen molar-refractivity contribution in [2.45, 2.75) is 0 Å². The molecule has 4 rings (SSSR count). The summed E-state index contributed by atoms with van der Waals surface area (Å²) in [5.74, 6) is 1.72. The average molecular weight is 401 g/mol. The van der Waals surface area contributed by atoms with Gasteiger partial charge in [-0.15, -0.1) is 0 Å². The molecule has 1 heterocycles. The lowest BCUT2D eigenvalue weighted by atomic mass is 10.2. The van der Waals surface area contributed by atoms with Gasteiger partial charge in [0.15, 0.2) is 6.61 Å². The molecule has 0 radical (unpaired) electrons. The van der Waals surface area contributed by atoms with Gasteiger partial charge in [0.1, 0.15) is 11.5 Å². The minimum absolute atomic E-state index is 0.160. The Morgan fingerprint density at radius 3 is 2.47 bits per heavy atom. The highest BCUT2D eigenvalue weighted by atomic mass is 16.5. The molecule has 0 spiro atoms. The summed E-state index contributed by atoms with van der Waals surface area (Å²) in [5, 5.41) is 6.84. The minimum atomic E-state index is -0.284. The van der Waals surface area contributed by atoms with Crippen LogP contribution in [0.2, 0.25) is 0 Å². The highest BCUT2D eigenvalue weighted by Crippen LogP contribution is 2.29. The molecule has 0 atom stereocenters. The van der Waals surface area contributed by atoms with E-state index in [1.165, 1.54) is 0 Å². The van der Waals surface area contributed by atoms with Gasteiger partial charge in [-0.25, -0.2) is 0 Å². The third kappa shape index (κ3) is 4.47. The second-order valence-electron chi connectivity index (χ2n) is 6.35. The number of anilines is 1. The van der Waals surface area contributed by atoms with Crippen molar-refractivity contribution in [1.29, 1.82) is 0 Å². The largest absolute Gasteiger partial charge is 0.497 e. The molecule has 0 aliphatic heterocycles. The highest BCUT2D eigenvalue weighted by molar-refractivity contribution is 5.92. The third-order valence-corrected chi connectivity index (χ3v) is 4.31. The van der Waals surface area contributed by atoms with Gasteiger partial charge in [-0.05, 0) is 48.5 Å². The Hall–Kier alpha value is -4.13. The van der Waals surface area contributed by atoms with Crippen LogP contribution in [0.15, 0.2) is 83.4 Å².